The Bertz CT molecular complexity index is 1190. The van der Waals surface area contributed by atoms with Crippen molar-refractivity contribution in [1.82, 2.24) is 29.4 Å². The van der Waals surface area contributed by atoms with Crippen LogP contribution in [0.4, 0.5) is 13.2 Å². The molecule has 3 heterocycles. The van der Waals surface area contributed by atoms with Gasteiger partial charge in [0, 0.05) is 44.7 Å². The first-order valence-electron chi connectivity index (χ1n) is 11.9. The number of fused-ring (bicyclic) bond motifs is 1. The van der Waals surface area contributed by atoms with Crippen LogP contribution in [0.3, 0.4) is 0 Å². The SMILES string of the molecule is Cc1nn(C)c(C)c1-c1nnc(CCCCN2C[C@@H]3C[C@]3(c3ccc(C(F)(F)F)cc3)C2)n1C. The second-order valence-corrected chi connectivity index (χ2v) is 9.99. The van der Waals surface area contributed by atoms with Gasteiger partial charge in [0.1, 0.15) is 5.82 Å². The number of rotatable bonds is 7. The van der Waals surface area contributed by atoms with Crippen LogP contribution in [0.2, 0.25) is 0 Å². The largest absolute Gasteiger partial charge is 0.416 e. The van der Waals surface area contributed by atoms with Crippen LogP contribution in [-0.2, 0) is 32.1 Å². The van der Waals surface area contributed by atoms with E-state index < -0.39 is 11.7 Å². The molecule has 9 heteroatoms. The molecule has 0 spiro atoms. The van der Waals surface area contributed by atoms with E-state index in [4.69, 9.17) is 0 Å². The molecule has 1 aliphatic heterocycles. The van der Waals surface area contributed by atoms with Gasteiger partial charge in [-0.1, -0.05) is 12.1 Å². The Balaban J connectivity index is 1.14. The predicted octanol–water partition coefficient (Wildman–Crippen LogP) is 4.45. The zero-order valence-electron chi connectivity index (χ0n) is 20.2. The number of hydrogen-bond acceptors (Lipinski definition) is 4. The van der Waals surface area contributed by atoms with E-state index in [-0.39, 0.29) is 5.41 Å². The van der Waals surface area contributed by atoms with Gasteiger partial charge in [-0.25, -0.2) is 0 Å². The highest BCUT2D eigenvalue weighted by atomic mass is 19.4. The Labute approximate surface area is 197 Å². The molecule has 2 aliphatic rings. The third-order valence-electron chi connectivity index (χ3n) is 7.83. The quantitative estimate of drug-likeness (QED) is 0.477. The number of benzene rings is 1. The number of aryl methyl sites for hydroxylation is 3. The van der Waals surface area contributed by atoms with Crippen molar-refractivity contribution in [2.24, 2.45) is 20.0 Å². The minimum atomic E-state index is -4.28. The van der Waals surface area contributed by atoms with Gasteiger partial charge in [0.2, 0.25) is 0 Å². The van der Waals surface area contributed by atoms with Crippen LogP contribution in [-0.4, -0.2) is 49.1 Å². The average molecular weight is 473 g/mol. The van der Waals surface area contributed by atoms with Crippen LogP contribution in [0.15, 0.2) is 24.3 Å². The molecule has 1 aliphatic carbocycles. The van der Waals surface area contributed by atoms with Gasteiger partial charge in [-0.15, -0.1) is 10.2 Å². The summed E-state index contributed by atoms with van der Waals surface area (Å²) in [4.78, 5) is 2.47. The number of hydrogen-bond donors (Lipinski definition) is 0. The summed E-state index contributed by atoms with van der Waals surface area (Å²) in [5.74, 6) is 2.40. The molecule has 0 bridgehead atoms. The Kier molecular flexibility index (Phi) is 5.58. The number of likely N-dealkylation sites (tertiary alicyclic amines) is 1. The highest BCUT2D eigenvalue weighted by Crippen LogP contribution is 2.59. The summed E-state index contributed by atoms with van der Waals surface area (Å²) in [6.45, 7) is 7.02. The molecule has 1 aromatic carbocycles. The molecular formula is C25H31F3N6. The molecule has 3 aromatic rings. The van der Waals surface area contributed by atoms with E-state index in [0.29, 0.717) is 5.92 Å². The molecule has 5 rings (SSSR count). The van der Waals surface area contributed by atoms with Crippen LogP contribution < -0.4 is 0 Å². The van der Waals surface area contributed by atoms with E-state index in [1.54, 1.807) is 12.1 Å². The van der Waals surface area contributed by atoms with Crippen LogP contribution in [0.25, 0.3) is 11.4 Å². The topological polar surface area (TPSA) is 51.8 Å². The summed E-state index contributed by atoms with van der Waals surface area (Å²) < 4.78 is 42.6. The summed E-state index contributed by atoms with van der Waals surface area (Å²) in [6.07, 6.45) is -0.249. The lowest BCUT2D eigenvalue weighted by Crippen LogP contribution is -2.27. The van der Waals surface area contributed by atoms with Gasteiger partial charge in [-0.3, -0.25) is 4.68 Å². The Hall–Kier alpha value is -2.68. The molecule has 1 saturated heterocycles. The molecule has 0 radical (unpaired) electrons. The molecule has 6 nitrogen and oxygen atoms in total. The van der Waals surface area contributed by atoms with Gasteiger partial charge >= 0.3 is 6.18 Å². The number of unbranched alkanes of at least 4 members (excludes halogenated alkanes) is 1. The second kappa shape index (κ2) is 8.22. The molecule has 182 valence electrons. The van der Waals surface area contributed by atoms with Gasteiger partial charge in [0.25, 0.3) is 0 Å². The highest BCUT2D eigenvalue weighted by molar-refractivity contribution is 5.61. The van der Waals surface area contributed by atoms with E-state index >= 15 is 0 Å². The monoisotopic (exact) mass is 472 g/mol. The molecule has 34 heavy (non-hydrogen) atoms. The first-order valence-corrected chi connectivity index (χ1v) is 11.9. The fourth-order valence-corrected chi connectivity index (χ4v) is 5.71. The zero-order chi connectivity index (χ0) is 24.3. The summed E-state index contributed by atoms with van der Waals surface area (Å²) in [6, 6.07) is 5.82. The van der Waals surface area contributed by atoms with Gasteiger partial charge < -0.3 is 9.47 Å². The molecule has 0 amide bonds. The lowest BCUT2D eigenvalue weighted by atomic mass is 9.94. The number of aromatic nitrogens is 5. The van der Waals surface area contributed by atoms with E-state index in [1.165, 1.54) is 12.1 Å². The maximum atomic E-state index is 12.9. The summed E-state index contributed by atoms with van der Waals surface area (Å²) in [7, 11) is 3.95. The minimum Gasteiger partial charge on any atom is -0.314 e. The number of nitrogens with zero attached hydrogens (tertiary/aromatic N) is 6. The summed E-state index contributed by atoms with van der Waals surface area (Å²) in [5.41, 5.74) is 3.63. The van der Waals surface area contributed by atoms with E-state index in [9.17, 15) is 13.2 Å². The maximum absolute atomic E-state index is 12.9. The minimum absolute atomic E-state index is 0.0576. The van der Waals surface area contributed by atoms with Crippen molar-refractivity contribution < 1.29 is 13.2 Å². The van der Waals surface area contributed by atoms with Crippen LogP contribution >= 0.6 is 0 Å². The third kappa shape index (κ3) is 3.93. The zero-order valence-corrected chi connectivity index (χ0v) is 20.2. The fraction of sp³-hybridized carbons (Fsp3) is 0.560. The van der Waals surface area contributed by atoms with Crippen molar-refractivity contribution in [1.29, 1.82) is 0 Å². The Morgan fingerprint density at radius 1 is 1.06 bits per heavy atom. The van der Waals surface area contributed by atoms with E-state index in [2.05, 4.69) is 24.8 Å². The normalized spacial score (nSPS) is 22.4. The maximum Gasteiger partial charge on any atom is 0.416 e. The van der Waals surface area contributed by atoms with Crippen LogP contribution in [0, 0.1) is 19.8 Å². The third-order valence-corrected chi connectivity index (χ3v) is 7.83. The van der Waals surface area contributed by atoms with E-state index in [1.807, 2.05) is 32.6 Å². The molecule has 1 saturated carbocycles. The lowest BCUT2D eigenvalue weighted by molar-refractivity contribution is -0.137. The van der Waals surface area contributed by atoms with Crippen molar-refractivity contribution in [3.8, 4) is 11.4 Å². The molecular weight excluding hydrogens is 441 g/mol. The average Bonchev–Trinajstić information content (AvgIpc) is 3.02. The fourth-order valence-electron chi connectivity index (χ4n) is 5.71. The molecule has 2 fully saturated rings. The van der Waals surface area contributed by atoms with Gasteiger partial charge in [0.15, 0.2) is 5.82 Å². The smallest absolute Gasteiger partial charge is 0.314 e. The van der Waals surface area contributed by atoms with E-state index in [0.717, 1.165) is 79.5 Å². The van der Waals surface area contributed by atoms with Crippen molar-refractivity contribution in [3.63, 3.8) is 0 Å². The number of alkyl halides is 3. The van der Waals surface area contributed by atoms with Crippen LogP contribution in [0.5, 0.6) is 0 Å². The van der Waals surface area contributed by atoms with Crippen molar-refractivity contribution in [3.05, 3.63) is 52.6 Å². The van der Waals surface area contributed by atoms with Gasteiger partial charge in [-0.05, 0) is 63.3 Å². The molecule has 2 atom stereocenters. The first kappa shape index (κ1) is 23.1. The van der Waals surface area contributed by atoms with Crippen molar-refractivity contribution in [2.75, 3.05) is 19.6 Å². The first-order chi connectivity index (χ1) is 16.1. The Morgan fingerprint density at radius 3 is 2.44 bits per heavy atom. The highest BCUT2D eigenvalue weighted by Gasteiger charge is 2.60. The van der Waals surface area contributed by atoms with Crippen molar-refractivity contribution in [2.45, 2.75) is 51.1 Å². The predicted molar refractivity (Wildman–Crippen MR) is 123 cm³/mol. The standard InChI is InChI=1S/C25H31F3N6/c1-16-22(17(2)33(4)31-16)23-30-29-21(32(23)3)7-5-6-12-34-14-20-13-24(20,15-34)18-8-10-19(11-9-18)25(26,27)28/h8-11,20H,5-7,12-15H2,1-4H3/t20-,24+/m0/s1. The van der Waals surface area contributed by atoms with Crippen molar-refractivity contribution >= 4 is 0 Å². The molecule has 0 unspecified atom stereocenters. The lowest BCUT2D eigenvalue weighted by Gasteiger charge is -2.21. The summed E-state index contributed by atoms with van der Waals surface area (Å²) in [5, 5.41) is 13.4. The second-order valence-electron chi connectivity index (χ2n) is 9.99. The summed E-state index contributed by atoms with van der Waals surface area (Å²) >= 11 is 0. The van der Waals surface area contributed by atoms with Crippen LogP contribution in [0.1, 0.15) is 47.6 Å². The molecule has 2 aromatic heterocycles. The van der Waals surface area contributed by atoms with Gasteiger partial charge in [-0.2, -0.15) is 18.3 Å². The number of halogens is 3. The molecule has 0 N–H and O–H groups in total. The Morgan fingerprint density at radius 2 is 1.79 bits per heavy atom. The van der Waals surface area contributed by atoms with Gasteiger partial charge in [0.05, 0.1) is 16.8 Å². The number of piperidine rings is 1.